The fourth-order valence-electron chi connectivity index (χ4n) is 3.54. The minimum Gasteiger partial charge on any atom is -0.350 e. The maximum Gasteiger partial charge on any atom is 0.286 e. The first-order valence-electron chi connectivity index (χ1n) is 11.4. The number of rotatable bonds is 8. The third kappa shape index (κ3) is 6.54. The number of nitrogens with one attached hydrogen (secondary N) is 2. The molecule has 0 atom stereocenters. The van der Waals surface area contributed by atoms with Crippen molar-refractivity contribution in [3.05, 3.63) is 96.8 Å². The number of aryl methyl sites for hydroxylation is 2. The molecular formula is C27H28N6O2+2. The molecule has 0 bridgehead atoms. The minimum absolute atomic E-state index is 0.125. The number of amides is 2. The number of carbonyl (C=O) groups excluding carboxylic acids is 2. The van der Waals surface area contributed by atoms with Crippen molar-refractivity contribution in [3.63, 3.8) is 0 Å². The van der Waals surface area contributed by atoms with Crippen LogP contribution in [0.4, 0.5) is 0 Å². The van der Waals surface area contributed by atoms with Gasteiger partial charge >= 0.3 is 0 Å². The van der Waals surface area contributed by atoms with E-state index in [1.54, 1.807) is 24.5 Å². The molecule has 0 aliphatic heterocycles. The third-order valence-electron chi connectivity index (χ3n) is 5.46. The third-order valence-corrected chi connectivity index (χ3v) is 5.46. The molecule has 8 heteroatoms. The predicted octanol–water partition coefficient (Wildman–Crippen LogP) is 1.78. The molecule has 0 radical (unpaired) electrons. The Morgan fingerprint density at radius 3 is 2.09 bits per heavy atom. The summed E-state index contributed by atoms with van der Waals surface area (Å²) >= 11 is 0. The molecular weight excluding hydrogens is 440 g/mol. The van der Waals surface area contributed by atoms with Gasteiger partial charge in [0.25, 0.3) is 11.8 Å². The van der Waals surface area contributed by atoms with Crippen LogP contribution in [0.5, 0.6) is 0 Å². The van der Waals surface area contributed by atoms with Crippen molar-refractivity contribution >= 4 is 11.8 Å². The Kier molecular flexibility index (Phi) is 7.52. The summed E-state index contributed by atoms with van der Waals surface area (Å²) in [5, 5.41) is 5.66. The average molecular weight is 469 g/mol. The molecule has 176 valence electrons. The molecule has 4 aromatic rings. The van der Waals surface area contributed by atoms with E-state index in [-0.39, 0.29) is 18.4 Å². The molecule has 0 saturated carbocycles. The van der Waals surface area contributed by atoms with Crippen molar-refractivity contribution in [2.75, 3.05) is 13.1 Å². The van der Waals surface area contributed by atoms with Crippen LogP contribution in [0.3, 0.4) is 0 Å². The Morgan fingerprint density at radius 2 is 1.40 bits per heavy atom. The van der Waals surface area contributed by atoms with Gasteiger partial charge in [0.05, 0.1) is 11.4 Å². The van der Waals surface area contributed by atoms with Crippen LogP contribution in [0.1, 0.15) is 15.9 Å². The van der Waals surface area contributed by atoms with Gasteiger partial charge in [-0.2, -0.15) is 4.57 Å². The molecule has 4 rings (SSSR count). The van der Waals surface area contributed by atoms with Crippen LogP contribution in [-0.4, -0.2) is 34.9 Å². The first-order chi connectivity index (χ1) is 17.0. The van der Waals surface area contributed by atoms with E-state index in [0.29, 0.717) is 24.3 Å². The summed E-state index contributed by atoms with van der Waals surface area (Å²) in [5.74, 6) is -0.351. The summed E-state index contributed by atoms with van der Waals surface area (Å²) in [4.78, 5) is 33.4. The Balaban J connectivity index is 1.23. The Labute approximate surface area is 204 Å². The normalized spacial score (nSPS) is 10.6. The van der Waals surface area contributed by atoms with Gasteiger partial charge in [-0.05, 0) is 47.9 Å². The van der Waals surface area contributed by atoms with E-state index < -0.39 is 0 Å². The van der Waals surface area contributed by atoms with Crippen molar-refractivity contribution < 1.29 is 18.7 Å². The molecule has 0 saturated heterocycles. The number of pyridine rings is 4. The minimum atomic E-state index is -0.227. The van der Waals surface area contributed by atoms with E-state index in [4.69, 9.17) is 0 Å². The summed E-state index contributed by atoms with van der Waals surface area (Å²) in [7, 11) is 1.98. The van der Waals surface area contributed by atoms with Gasteiger partial charge in [0.15, 0.2) is 24.8 Å². The number of carbonyl (C=O) groups is 2. The number of hydrogen-bond donors (Lipinski definition) is 2. The molecule has 4 heterocycles. The number of hydrogen-bond acceptors (Lipinski definition) is 4. The van der Waals surface area contributed by atoms with E-state index in [1.165, 1.54) is 0 Å². The highest BCUT2D eigenvalue weighted by Gasteiger charge is 2.11. The molecule has 0 unspecified atom stereocenters. The van der Waals surface area contributed by atoms with Crippen molar-refractivity contribution in [2.24, 2.45) is 7.05 Å². The van der Waals surface area contributed by atoms with Gasteiger partial charge in [-0.25, -0.2) is 4.57 Å². The van der Waals surface area contributed by atoms with Gasteiger partial charge in [-0.3, -0.25) is 19.6 Å². The van der Waals surface area contributed by atoms with Crippen molar-refractivity contribution in [3.8, 4) is 22.5 Å². The summed E-state index contributed by atoms with van der Waals surface area (Å²) in [6.07, 6.45) is 11.1. The lowest BCUT2D eigenvalue weighted by Crippen LogP contribution is -2.44. The van der Waals surface area contributed by atoms with Gasteiger partial charge in [0.2, 0.25) is 6.54 Å². The maximum absolute atomic E-state index is 12.5. The van der Waals surface area contributed by atoms with Gasteiger partial charge < -0.3 is 10.6 Å². The monoisotopic (exact) mass is 468 g/mol. The smallest absolute Gasteiger partial charge is 0.286 e. The predicted molar refractivity (Wildman–Crippen MR) is 131 cm³/mol. The highest BCUT2D eigenvalue weighted by molar-refractivity contribution is 5.95. The Hall–Kier alpha value is -4.46. The molecule has 0 aromatic carbocycles. The van der Waals surface area contributed by atoms with Crippen molar-refractivity contribution in [2.45, 2.75) is 13.5 Å². The second-order valence-corrected chi connectivity index (χ2v) is 8.27. The highest BCUT2D eigenvalue weighted by atomic mass is 16.2. The van der Waals surface area contributed by atoms with E-state index in [1.807, 2.05) is 84.3 Å². The summed E-state index contributed by atoms with van der Waals surface area (Å²) in [5.41, 5.74) is 5.12. The van der Waals surface area contributed by atoms with Gasteiger partial charge in [-0.1, -0.05) is 0 Å². The summed E-state index contributed by atoms with van der Waals surface area (Å²) < 4.78 is 3.80. The molecule has 2 N–H and O–H groups in total. The second-order valence-electron chi connectivity index (χ2n) is 8.27. The lowest BCUT2D eigenvalue weighted by Gasteiger charge is -2.08. The average Bonchev–Trinajstić information content (AvgIpc) is 2.87. The number of aromatic nitrogens is 4. The molecule has 0 aliphatic rings. The Bertz CT molecular complexity index is 1320. The molecule has 2 amide bonds. The van der Waals surface area contributed by atoms with Crippen LogP contribution in [-0.2, 0) is 18.4 Å². The fourth-order valence-corrected chi connectivity index (χ4v) is 3.54. The molecule has 35 heavy (non-hydrogen) atoms. The topological polar surface area (TPSA) is 91.7 Å². The number of nitrogens with zero attached hydrogens (tertiary/aromatic N) is 4. The largest absolute Gasteiger partial charge is 0.350 e. The molecule has 0 fully saturated rings. The molecule has 0 spiro atoms. The van der Waals surface area contributed by atoms with Crippen LogP contribution in [0.2, 0.25) is 0 Å². The van der Waals surface area contributed by atoms with Crippen molar-refractivity contribution in [1.29, 1.82) is 0 Å². The maximum atomic E-state index is 12.5. The lowest BCUT2D eigenvalue weighted by atomic mass is 10.1. The van der Waals surface area contributed by atoms with Crippen LogP contribution < -0.4 is 19.8 Å². The van der Waals surface area contributed by atoms with Gasteiger partial charge in [0, 0.05) is 55.3 Å². The van der Waals surface area contributed by atoms with Gasteiger partial charge in [0.1, 0.15) is 7.05 Å². The molecule has 8 nitrogen and oxygen atoms in total. The summed E-state index contributed by atoms with van der Waals surface area (Å²) in [6.45, 7) is 2.84. The second kappa shape index (κ2) is 11.1. The van der Waals surface area contributed by atoms with E-state index in [2.05, 4.69) is 20.6 Å². The first kappa shape index (κ1) is 23.7. The lowest BCUT2D eigenvalue weighted by molar-refractivity contribution is -0.684. The quantitative estimate of drug-likeness (QED) is 0.305. The first-order valence-corrected chi connectivity index (χ1v) is 11.4. The van der Waals surface area contributed by atoms with E-state index in [9.17, 15) is 9.59 Å². The van der Waals surface area contributed by atoms with E-state index >= 15 is 0 Å². The van der Waals surface area contributed by atoms with Crippen molar-refractivity contribution in [1.82, 2.24) is 20.6 Å². The van der Waals surface area contributed by atoms with Gasteiger partial charge in [-0.15, -0.1) is 0 Å². The zero-order valence-electron chi connectivity index (χ0n) is 19.8. The van der Waals surface area contributed by atoms with Crippen LogP contribution in [0.15, 0.2) is 85.7 Å². The van der Waals surface area contributed by atoms with E-state index in [0.717, 1.165) is 22.4 Å². The molecule has 0 aliphatic carbocycles. The van der Waals surface area contributed by atoms with Crippen LogP contribution in [0, 0.1) is 6.92 Å². The zero-order chi connectivity index (χ0) is 24.6. The molecule has 4 aromatic heterocycles. The fraction of sp³-hybridized carbons (Fsp3) is 0.185. The van der Waals surface area contributed by atoms with Crippen LogP contribution in [0.25, 0.3) is 22.5 Å². The highest BCUT2D eigenvalue weighted by Crippen LogP contribution is 2.17. The summed E-state index contributed by atoms with van der Waals surface area (Å²) in [6, 6.07) is 15.3. The standard InChI is InChI=1S/C27H26N6O2/c1-20-3-9-28-24(17-20)25-18-23(4-10-29-25)27(35)31-12-11-30-26(34)19-33-15-7-22(8-16-33)21-5-13-32(2)14-6-21/h3-10,13-18H,11-12,19H2,1-2H3/p+2. The van der Waals surface area contributed by atoms with Crippen LogP contribution >= 0.6 is 0 Å². The zero-order valence-corrected chi connectivity index (χ0v) is 19.8. The Morgan fingerprint density at radius 1 is 0.800 bits per heavy atom. The SMILES string of the molecule is Cc1ccnc(-c2cc(C(=O)NCCNC(=O)C[n+]3ccc(-c4cc[n+](C)cc4)cc3)ccn2)c1.